The molecule has 0 saturated heterocycles. The number of hydrogen-bond acceptors (Lipinski definition) is 3. The molecule has 0 fully saturated rings. The third-order valence-corrected chi connectivity index (χ3v) is 3.63. The zero-order chi connectivity index (χ0) is 14.8. The van der Waals surface area contributed by atoms with Gasteiger partial charge >= 0.3 is 5.97 Å². The Bertz CT molecular complexity index is 766. The summed E-state index contributed by atoms with van der Waals surface area (Å²) < 4.78 is 18.9. The number of halogens is 2. The molecule has 21 heavy (non-hydrogen) atoms. The number of nitrogens with zero attached hydrogens (tertiary/aromatic N) is 1. The quantitative estimate of drug-likeness (QED) is 0.610. The third kappa shape index (κ3) is 2.92. The maximum atomic E-state index is 12.9. The normalized spacial score (nSPS) is 16.0. The first-order valence-electron chi connectivity index (χ1n) is 6.16. The first-order chi connectivity index (χ1) is 10.1. The van der Waals surface area contributed by atoms with Crippen LogP contribution in [0.1, 0.15) is 11.1 Å². The molecule has 0 aliphatic carbocycles. The van der Waals surface area contributed by atoms with Crippen LogP contribution in [0.5, 0.6) is 0 Å². The number of benzene rings is 2. The van der Waals surface area contributed by atoms with Crippen molar-refractivity contribution in [1.29, 1.82) is 0 Å². The van der Waals surface area contributed by atoms with Gasteiger partial charge in [-0.2, -0.15) is 0 Å². The Morgan fingerprint density at radius 2 is 1.81 bits per heavy atom. The lowest BCUT2D eigenvalue weighted by molar-refractivity contribution is -0.129. The van der Waals surface area contributed by atoms with Crippen molar-refractivity contribution in [2.75, 3.05) is 0 Å². The van der Waals surface area contributed by atoms with Gasteiger partial charge in [0.15, 0.2) is 5.70 Å². The Labute approximate surface area is 128 Å². The van der Waals surface area contributed by atoms with E-state index in [4.69, 9.17) is 4.74 Å². The predicted octanol–water partition coefficient (Wildman–Crippen LogP) is 3.93. The number of carbonyl (C=O) groups excluding carboxylic acids is 1. The van der Waals surface area contributed by atoms with E-state index in [0.717, 1.165) is 10.0 Å². The second-order valence-electron chi connectivity index (χ2n) is 4.36. The van der Waals surface area contributed by atoms with Crippen LogP contribution < -0.4 is 0 Å². The number of esters is 1. The Kier molecular flexibility index (Phi) is 3.66. The lowest BCUT2D eigenvalue weighted by Crippen LogP contribution is -2.05. The predicted molar refractivity (Wildman–Crippen MR) is 81.1 cm³/mol. The van der Waals surface area contributed by atoms with Crippen LogP contribution in [0.25, 0.3) is 6.08 Å². The minimum absolute atomic E-state index is 0.179. The number of cyclic esters (lactones) is 1. The highest BCUT2D eigenvalue weighted by atomic mass is 79.9. The summed E-state index contributed by atoms with van der Waals surface area (Å²) in [5, 5.41) is 0. The van der Waals surface area contributed by atoms with Gasteiger partial charge in [0.05, 0.1) is 0 Å². The molecule has 0 bridgehead atoms. The van der Waals surface area contributed by atoms with Gasteiger partial charge in [-0.15, -0.1) is 0 Å². The fourth-order valence-corrected chi connectivity index (χ4v) is 2.26. The molecule has 1 aliphatic heterocycles. The van der Waals surface area contributed by atoms with E-state index in [9.17, 15) is 9.18 Å². The van der Waals surface area contributed by atoms with Gasteiger partial charge < -0.3 is 4.74 Å². The number of carbonyl (C=O) groups is 1. The van der Waals surface area contributed by atoms with Crippen LogP contribution in [0.3, 0.4) is 0 Å². The molecule has 0 spiro atoms. The molecule has 0 saturated carbocycles. The summed E-state index contributed by atoms with van der Waals surface area (Å²) in [6, 6.07) is 13.1. The molecule has 1 heterocycles. The fourth-order valence-electron chi connectivity index (χ4n) is 1.86. The number of rotatable bonds is 2. The van der Waals surface area contributed by atoms with Crippen LogP contribution in [0.15, 0.2) is 63.7 Å². The molecular formula is C16H9BrFNO2. The van der Waals surface area contributed by atoms with Crippen molar-refractivity contribution in [3.05, 3.63) is 75.6 Å². The Hall–Kier alpha value is -2.27. The molecule has 3 nitrogen and oxygen atoms in total. The van der Waals surface area contributed by atoms with E-state index in [-0.39, 0.29) is 17.4 Å². The minimum Gasteiger partial charge on any atom is -0.402 e. The Balaban J connectivity index is 1.96. The summed E-state index contributed by atoms with van der Waals surface area (Å²) in [6.07, 6.45) is 1.64. The van der Waals surface area contributed by atoms with Crippen molar-refractivity contribution in [3.63, 3.8) is 0 Å². The molecule has 0 radical (unpaired) electrons. The zero-order valence-electron chi connectivity index (χ0n) is 10.7. The average Bonchev–Trinajstić information content (AvgIpc) is 2.83. The first kappa shape index (κ1) is 13.7. The summed E-state index contributed by atoms with van der Waals surface area (Å²) in [7, 11) is 0. The molecule has 5 heteroatoms. The Morgan fingerprint density at radius 3 is 2.52 bits per heavy atom. The van der Waals surface area contributed by atoms with Gasteiger partial charge in [0.1, 0.15) is 5.82 Å². The van der Waals surface area contributed by atoms with Crippen LogP contribution in [0.4, 0.5) is 4.39 Å². The monoisotopic (exact) mass is 345 g/mol. The lowest BCUT2D eigenvalue weighted by Gasteiger charge is -1.98. The topological polar surface area (TPSA) is 38.7 Å². The van der Waals surface area contributed by atoms with Crippen molar-refractivity contribution >= 4 is 33.9 Å². The number of aliphatic imine (C=N–C) groups is 1. The highest BCUT2D eigenvalue weighted by molar-refractivity contribution is 9.10. The van der Waals surface area contributed by atoms with Crippen LogP contribution in [-0.4, -0.2) is 11.9 Å². The summed E-state index contributed by atoms with van der Waals surface area (Å²) in [5.74, 6) is -0.698. The van der Waals surface area contributed by atoms with E-state index in [2.05, 4.69) is 20.9 Å². The molecule has 3 rings (SSSR count). The highest BCUT2D eigenvalue weighted by Crippen LogP contribution is 2.23. The van der Waals surface area contributed by atoms with Gasteiger partial charge in [0.2, 0.25) is 5.90 Å². The second-order valence-corrected chi connectivity index (χ2v) is 5.22. The van der Waals surface area contributed by atoms with Crippen LogP contribution in [0.2, 0.25) is 0 Å². The third-order valence-electron chi connectivity index (χ3n) is 2.91. The molecule has 2 aromatic rings. The minimum atomic E-state index is -0.523. The summed E-state index contributed by atoms with van der Waals surface area (Å²) in [6.45, 7) is 0. The highest BCUT2D eigenvalue weighted by Gasteiger charge is 2.24. The molecule has 0 N–H and O–H groups in total. The lowest BCUT2D eigenvalue weighted by atomic mass is 10.2. The van der Waals surface area contributed by atoms with Crippen molar-refractivity contribution in [2.45, 2.75) is 0 Å². The summed E-state index contributed by atoms with van der Waals surface area (Å²) in [5.41, 5.74) is 1.59. The zero-order valence-corrected chi connectivity index (χ0v) is 12.3. The molecule has 1 aliphatic rings. The molecule has 0 amide bonds. The van der Waals surface area contributed by atoms with Crippen LogP contribution in [-0.2, 0) is 9.53 Å². The molecule has 2 aromatic carbocycles. The van der Waals surface area contributed by atoms with Gasteiger partial charge in [-0.05, 0) is 42.0 Å². The summed E-state index contributed by atoms with van der Waals surface area (Å²) >= 11 is 3.40. The molecular weight excluding hydrogens is 337 g/mol. The van der Waals surface area contributed by atoms with Gasteiger partial charge in [0.25, 0.3) is 0 Å². The van der Waals surface area contributed by atoms with Crippen molar-refractivity contribution < 1.29 is 13.9 Å². The molecule has 0 atom stereocenters. The second kappa shape index (κ2) is 5.61. The Morgan fingerprint density at radius 1 is 1.10 bits per heavy atom. The molecule has 0 unspecified atom stereocenters. The van der Waals surface area contributed by atoms with Crippen LogP contribution >= 0.6 is 15.9 Å². The molecule has 0 aromatic heterocycles. The number of ether oxygens (including phenoxy) is 1. The van der Waals surface area contributed by atoms with E-state index in [0.29, 0.717) is 5.56 Å². The van der Waals surface area contributed by atoms with Crippen molar-refractivity contribution in [1.82, 2.24) is 0 Å². The fraction of sp³-hybridized carbons (Fsp3) is 0. The first-order valence-corrected chi connectivity index (χ1v) is 6.96. The van der Waals surface area contributed by atoms with Crippen LogP contribution in [0, 0.1) is 5.82 Å². The van der Waals surface area contributed by atoms with Gasteiger partial charge in [-0.25, -0.2) is 14.2 Å². The maximum absolute atomic E-state index is 12.9. The van der Waals surface area contributed by atoms with E-state index < -0.39 is 5.97 Å². The maximum Gasteiger partial charge on any atom is 0.363 e. The van der Waals surface area contributed by atoms with Crippen molar-refractivity contribution in [2.24, 2.45) is 4.99 Å². The van der Waals surface area contributed by atoms with Gasteiger partial charge in [-0.1, -0.05) is 34.1 Å². The SMILES string of the molecule is O=C1OC(c2ccc(F)cc2)=N/C1=C/c1ccccc1Br. The van der Waals surface area contributed by atoms with E-state index in [1.807, 2.05) is 24.3 Å². The van der Waals surface area contributed by atoms with Gasteiger partial charge in [-0.3, -0.25) is 0 Å². The van der Waals surface area contributed by atoms with Gasteiger partial charge in [0, 0.05) is 10.0 Å². The average molecular weight is 346 g/mol. The number of hydrogen-bond donors (Lipinski definition) is 0. The summed E-state index contributed by atoms with van der Waals surface area (Å²) in [4.78, 5) is 16.0. The van der Waals surface area contributed by atoms with E-state index in [1.54, 1.807) is 6.08 Å². The largest absolute Gasteiger partial charge is 0.402 e. The van der Waals surface area contributed by atoms with E-state index in [1.165, 1.54) is 24.3 Å². The van der Waals surface area contributed by atoms with Crippen molar-refractivity contribution in [3.8, 4) is 0 Å². The van der Waals surface area contributed by atoms with E-state index >= 15 is 0 Å². The smallest absolute Gasteiger partial charge is 0.363 e. The standard InChI is InChI=1S/C16H9BrFNO2/c17-13-4-2-1-3-11(13)9-14-16(20)21-15(19-14)10-5-7-12(18)8-6-10/h1-9H/b14-9+. The molecule has 104 valence electrons.